The molecule has 0 aliphatic heterocycles. The Morgan fingerprint density at radius 3 is 2.92 bits per heavy atom. The minimum atomic E-state index is 0.641. The summed E-state index contributed by atoms with van der Waals surface area (Å²) in [6, 6.07) is 1.88. The molecule has 2 aromatic heterocycles. The molecule has 0 bridgehead atoms. The van der Waals surface area contributed by atoms with Crippen molar-refractivity contribution in [2.24, 2.45) is 7.05 Å². The molecule has 4 nitrogen and oxygen atoms in total. The molecule has 0 aliphatic carbocycles. The Hall–Kier alpha value is -1.29. The summed E-state index contributed by atoms with van der Waals surface area (Å²) in [5, 5.41) is 4.72. The summed E-state index contributed by atoms with van der Waals surface area (Å²) in [6.07, 6.45) is 5.27. The van der Waals surface area contributed by atoms with Crippen LogP contribution in [0.4, 0.5) is 0 Å². The molecule has 0 saturated heterocycles. The molecule has 0 fully saturated rings. The maximum absolute atomic E-state index is 5.84. The van der Waals surface area contributed by atoms with Gasteiger partial charge in [-0.15, -0.1) is 0 Å². The van der Waals surface area contributed by atoms with Gasteiger partial charge in [-0.1, -0.05) is 11.6 Å². The van der Waals surface area contributed by atoms with Crippen molar-refractivity contribution in [1.82, 2.24) is 19.3 Å². The molecule has 2 aromatic rings. The van der Waals surface area contributed by atoms with Crippen molar-refractivity contribution in [3.05, 3.63) is 35.6 Å². The second-order valence-corrected chi connectivity index (χ2v) is 3.15. The van der Waals surface area contributed by atoms with Crippen molar-refractivity contribution >= 4 is 11.6 Å². The van der Waals surface area contributed by atoms with Gasteiger partial charge in [-0.05, 0) is 6.07 Å². The maximum Gasteiger partial charge on any atom is 0.131 e. The van der Waals surface area contributed by atoms with Crippen LogP contribution in [-0.4, -0.2) is 19.3 Å². The first-order valence-corrected chi connectivity index (χ1v) is 4.28. The molecule has 0 aliphatic rings. The third kappa shape index (κ3) is 1.58. The van der Waals surface area contributed by atoms with E-state index in [9.17, 15) is 0 Å². The Morgan fingerprint density at radius 2 is 2.38 bits per heavy atom. The number of nitrogens with zero attached hydrogens (tertiary/aromatic N) is 4. The lowest BCUT2D eigenvalue weighted by molar-refractivity contribution is 0.632. The molecule has 2 rings (SSSR count). The van der Waals surface area contributed by atoms with E-state index in [-0.39, 0.29) is 0 Å². The highest BCUT2D eigenvalue weighted by atomic mass is 35.5. The van der Waals surface area contributed by atoms with E-state index >= 15 is 0 Å². The fraction of sp³-hybridized carbons (Fsp3) is 0.250. The fourth-order valence-electron chi connectivity index (χ4n) is 1.11. The SMILES string of the molecule is Cn1c(Cl)cnc1Cn1cccn1. The molecular weight excluding hydrogens is 188 g/mol. The van der Waals surface area contributed by atoms with Crippen LogP contribution in [0, 0.1) is 0 Å². The summed E-state index contributed by atoms with van der Waals surface area (Å²) in [6.45, 7) is 0.649. The third-order valence-electron chi connectivity index (χ3n) is 1.89. The van der Waals surface area contributed by atoms with Gasteiger partial charge in [0.2, 0.25) is 0 Å². The van der Waals surface area contributed by atoms with Gasteiger partial charge in [0, 0.05) is 19.4 Å². The zero-order valence-electron chi connectivity index (χ0n) is 7.18. The highest BCUT2D eigenvalue weighted by molar-refractivity contribution is 6.29. The van der Waals surface area contributed by atoms with Crippen molar-refractivity contribution in [3.63, 3.8) is 0 Å². The number of halogens is 1. The Morgan fingerprint density at radius 1 is 1.54 bits per heavy atom. The van der Waals surface area contributed by atoms with E-state index in [1.807, 2.05) is 23.9 Å². The van der Waals surface area contributed by atoms with Gasteiger partial charge in [0.15, 0.2) is 0 Å². The van der Waals surface area contributed by atoms with Crippen LogP contribution in [0.3, 0.4) is 0 Å². The average molecular weight is 197 g/mol. The Balaban J connectivity index is 2.24. The van der Waals surface area contributed by atoms with Crippen LogP contribution in [0.1, 0.15) is 5.82 Å². The lowest BCUT2D eigenvalue weighted by Gasteiger charge is -2.01. The summed E-state index contributed by atoms with van der Waals surface area (Å²) in [5.41, 5.74) is 0. The first kappa shape index (κ1) is 8.31. The van der Waals surface area contributed by atoms with E-state index in [0.717, 1.165) is 5.82 Å². The summed E-state index contributed by atoms with van der Waals surface area (Å²) in [4.78, 5) is 4.16. The van der Waals surface area contributed by atoms with Crippen molar-refractivity contribution in [2.45, 2.75) is 6.54 Å². The molecular formula is C8H9ClN4. The van der Waals surface area contributed by atoms with E-state index in [1.54, 1.807) is 17.1 Å². The minimum Gasteiger partial charge on any atom is -0.321 e. The molecule has 0 atom stereocenters. The van der Waals surface area contributed by atoms with Gasteiger partial charge in [0.1, 0.15) is 11.0 Å². The van der Waals surface area contributed by atoms with Gasteiger partial charge in [0.05, 0.1) is 12.7 Å². The molecule has 0 unspecified atom stereocenters. The molecule has 0 radical (unpaired) electrons. The van der Waals surface area contributed by atoms with Crippen LogP contribution in [0.2, 0.25) is 5.15 Å². The van der Waals surface area contributed by atoms with E-state index in [4.69, 9.17) is 11.6 Å². The molecule has 0 amide bonds. The van der Waals surface area contributed by atoms with Gasteiger partial charge in [-0.3, -0.25) is 4.68 Å². The van der Waals surface area contributed by atoms with Gasteiger partial charge in [-0.25, -0.2) is 4.98 Å². The third-order valence-corrected chi connectivity index (χ3v) is 2.24. The summed E-state index contributed by atoms with van der Waals surface area (Å²) in [5.74, 6) is 0.897. The maximum atomic E-state index is 5.84. The van der Waals surface area contributed by atoms with Crippen LogP contribution in [0.15, 0.2) is 24.7 Å². The monoisotopic (exact) mass is 196 g/mol. The van der Waals surface area contributed by atoms with Gasteiger partial charge in [0.25, 0.3) is 0 Å². The molecule has 0 aromatic carbocycles. The molecule has 0 spiro atoms. The number of rotatable bonds is 2. The van der Waals surface area contributed by atoms with Crippen LogP contribution in [0.25, 0.3) is 0 Å². The predicted octanol–water partition coefficient (Wildman–Crippen LogP) is 1.32. The Labute approximate surface area is 80.8 Å². The van der Waals surface area contributed by atoms with Crippen LogP contribution < -0.4 is 0 Å². The smallest absolute Gasteiger partial charge is 0.131 e. The minimum absolute atomic E-state index is 0.641. The first-order chi connectivity index (χ1) is 6.27. The second-order valence-electron chi connectivity index (χ2n) is 2.76. The van der Waals surface area contributed by atoms with Crippen LogP contribution in [0.5, 0.6) is 0 Å². The second kappa shape index (κ2) is 3.22. The van der Waals surface area contributed by atoms with Gasteiger partial charge < -0.3 is 4.57 Å². The molecule has 13 heavy (non-hydrogen) atoms. The molecule has 0 saturated carbocycles. The quantitative estimate of drug-likeness (QED) is 0.726. The van der Waals surface area contributed by atoms with Crippen LogP contribution >= 0.6 is 11.6 Å². The van der Waals surface area contributed by atoms with E-state index in [2.05, 4.69) is 10.1 Å². The normalized spacial score (nSPS) is 10.6. The van der Waals surface area contributed by atoms with E-state index in [0.29, 0.717) is 11.7 Å². The van der Waals surface area contributed by atoms with E-state index in [1.165, 1.54) is 0 Å². The average Bonchev–Trinajstić information content (AvgIpc) is 2.71. The largest absolute Gasteiger partial charge is 0.321 e. The summed E-state index contributed by atoms with van der Waals surface area (Å²) < 4.78 is 3.64. The molecule has 68 valence electrons. The highest BCUT2D eigenvalue weighted by Crippen LogP contribution is 2.09. The lowest BCUT2D eigenvalue weighted by atomic mass is 10.6. The Kier molecular flexibility index (Phi) is 2.06. The number of hydrogen-bond acceptors (Lipinski definition) is 2. The zero-order valence-corrected chi connectivity index (χ0v) is 7.94. The zero-order chi connectivity index (χ0) is 9.26. The van der Waals surface area contributed by atoms with Crippen molar-refractivity contribution in [2.75, 3.05) is 0 Å². The summed E-state index contributed by atoms with van der Waals surface area (Å²) >= 11 is 5.84. The summed E-state index contributed by atoms with van der Waals surface area (Å²) in [7, 11) is 1.88. The lowest BCUT2D eigenvalue weighted by Crippen LogP contribution is -2.06. The standard InChI is InChI=1S/C8H9ClN4/c1-12-7(9)5-10-8(12)6-13-4-2-3-11-13/h2-5H,6H2,1H3. The molecule has 5 heteroatoms. The van der Waals surface area contributed by atoms with Crippen LogP contribution in [-0.2, 0) is 13.6 Å². The Bertz CT molecular complexity index is 390. The first-order valence-electron chi connectivity index (χ1n) is 3.91. The molecule has 0 N–H and O–H groups in total. The highest BCUT2D eigenvalue weighted by Gasteiger charge is 2.04. The number of hydrogen-bond donors (Lipinski definition) is 0. The molecule has 2 heterocycles. The van der Waals surface area contributed by atoms with Gasteiger partial charge in [-0.2, -0.15) is 5.10 Å². The van der Waals surface area contributed by atoms with E-state index < -0.39 is 0 Å². The number of imidazole rings is 1. The van der Waals surface area contributed by atoms with Crippen molar-refractivity contribution in [3.8, 4) is 0 Å². The van der Waals surface area contributed by atoms with Crippen molar-refractivity contribution < 1.29 is 0 Å². The van der Waals surface area contributed by atoms with Gasteiger partial charge >= 0.3 is 0 Å². The van der Waals surface area contributed by atoms with Crippen molar-refractivity contribution in [1.29, 1.82) is 0 Å². The fourth-order valence-corrected chi connectivity index (χ4v) is 1.26. The topological polar surface area (TPSA) is 35.6 Å². The number of aromatic nitrogens is 4. The predicted molar refractivity (Wildman–Crippen MR) is 49.5 cm³/mol.